The lowest BCUT2D eigenvalue weighted by molar-refractivity contribution is 0.333. The molecule has 1 saturated heterocycles. The van der Waals surface area contributed by atoms with Crippen LogP contribution in [0.4, 0.5) is 3.89 Å². The van der Waals surface area contributed by atoms with Crippen molar-refractivity contribution in [3.63, 3.8) is 0 Å². The predicted octanol–water partition coefficient (Wildman–Crippen LogP) is 1.61. The van der Waals surface area contributed by atoms with Crippen LogP contribution >= 0.6 is 0 Å². The first-order valence-corrected chi connectivity index (χ1v) is 7.26. The fourth-order valence-corrected chi connectivity index (χ4v) is 3.66. The molecule has 0 unspecified atom stereocenters. The molecule has 0 spiro atoms. The Morgan fingerprint density at radius 3 is 2.29 bits per heavy atom. The van der Waals surface area contributed by atoms with Gasteiger partial charge in [0.25, 0.3) is 0 Å². The first-order chi connectivity index (χ1) is 8.02. The largest absolute Gasteiger partial charge is 0.317 e. The second kappa shape index (κ2) is 4.74. The van der Waals surface area contributed by atoms with Crippen molar-refractivity contribution in [1.82, 2.24) is 5.32 Å². The summed E-state index contributed by atoms with van der Waals surface area (Å²) in [7, 11) is -4.46. The Hall–Kier alpha value is -0.940. The van der Waals surface area contributed by atoms with Gasteiger partial charge in [-0.25, -0.2) is 0 Å². The number of halogens is 1. The van der Waals surface area contributed by atoms with Gasteiger partial charge >= 0.3 is 10.2 Å². The molecule has 1 heterocycles. The van der Waals surface area contributed by atoms with Gasteiger partial charge < -0.3 is 5.32 Å². The van der Waals surface area contributed by atoms with Crippen LogP contribution in [0.1, 0.15) is 18.4 Å². The summed E-state index contributed by atoms with van der Waals surface area (Å²) in [6.07, 6.45) is 1.31. The highest BCUT2D eigenvalue weighted by Gasteiger charge is 2.38. The molecular weight excluding hydrogens is 241 g/mol. The summed E-state index contributed by atoms with van der Waals surface area (Å²) in [5.74, 6) is -0.411. The Kier molecular flexibility index (Phi) is 3.49. The highest BCUT2D eigenvalue weighted by Crippen LogP contribution is 2.35. The third kappa shape index (κ3) is 3.04. The smallest absolute Gasteiger partial charge is 0.303 e. The molecule has 1 aromatic rings. The van der Waals surface area contributed by atoms with Crippen molar-refractivity contribution in [3.8, 4) is 0 Å². The highest BCUT2D eigenvalue weighted by molar-refractivity contribution is 7.86. The molecule has 0 atom stereocenters. The third-order valence-corrected chi connectivity index (χ3v) is 4.29. The Balaban J connectivity index is 2.36. The van der Waals surface area contributed by atoms with Gasteiger partial charge in [-0.2, -0.15) is 8.42 Å². The average molecular weight is 257 g/mol. The molecule has 0 aliphatic carbocycles. The Morgan fingerprint density at radius 2 is 1.76 bits per heavy atom. The maximum atomic E-state index is 13.1. The van der Waals surface area contributed by atoms with Crippen LogP contribution in [0.5, 0.6) is 0 Å². The molecule has 0 amide bonds. The quantitative estimate of drug-likeness (QED) is 0.837. The van der Waals surface area contributed by atoms with Gasteiger partial charge in [-0.05, 0) is 31.5 Å². The van der Waals surface area contributed by atoms with E-state index >= 15 is 0 Å². The molecule has 2 rings (SSSR count). The summed E-state index contributed by atoms with van der Waals surface area (Å²) in [5, 5.41) is 3.18. The van der Waals surface area contributed by atoms with Crippen LogP contribution in [-0.4, -0.2) is 27.3 Å². The minimum atomic E-state index is -4.46. The van der Waals surface area contributed by atoms with Gasteiger partial charge in [0, 0.05) is 5.41 Å². The zero-order chi connectivity index (χ0) is 12.4. The van der Waals surface area contributed by atoms with Gasteiger partial charge in [0.05, 0.1) is 5.75 Å². The molecule has 0 saturated carbocycles. The molecule has 1 aromatic carbocycles. The minimum Gasteiger partial charge on any atom is -0.317 e. The molecule has 17 heavy (non-hydrogen) atoms. The standard InChI is InChI=1S/C12H16FNO2S/c13-17(15,16)10-12(6-8-14-9-7-12)11-4-2-1-3-5-11/h1-5,14H,6-10H2. The Labute approximate surface area is 101 Å². The molecular formula is C12H16FNO2S. The van der Waals surface area contributed by atoms with Crippen molar-refractivity contribution in [2.45, 2.75) is 18.3 Å². The first-order valence-electron chi connectivity index (χ1n) is 5.70. The van der Waals surface area contributed by atoms with E-state index in [0.717, 1.165) is 18.7 Å². The second-order valence-corrected chi connectivity index (χ2v) is 5.95. The number of piperidine rings is 1. The zero-order valence-corrected chi connectivity index (χ0v) is 10.3. The van der Waals surface area contributed by atoms with E-state index in [0.29, 0.717) is 12.8 Å². The lowest BCUT2D eigenvalue weighted by atomic mass is 9.75. The van der Waals surface area contributed by atoms with Crippen molar-refractivity contribution in [1.29, 1.82) is 0 Å². The van der Waals surface area contributed by atoms with Gasteiger partial charge in [0.15, 0.2) is 0 Å². The van der Waals surface area contributed by atoms with E-state index in [1.54, 1.807) is 0 Å². The van der Waals surface area contributed by atoms with Gasteiger partial charge in [-0.1, -0.05) is 30.3 Å². The fraction of sp³-hybridized carbons (Fsp3) is 0.500. The zero-order valence-electron chi connectivity index (χ0n) is 9.52. The maximum absolute atomic E-state index is 13.1. The summed E-state index contributed by atoms with van der Waals surface area (Å²) >= 11 is 0. The molecule has 1 N–H and O–H groups in total. The molecule has 0 bridgehead atoms. The van der Waals surface area contributed by atoms with Crippen LogP contribution in [0.25, 0.3) is 0 Å². The topological polar surface area (TPSA) is 46.2 Å². The van der Waals surface area contributed by atoms with Crippen LogP contribution in [0, 0.1) is 0 Å². The molecule has 1 aliphatic rings. The van der Waals surface area contributed by atoms with Gasteiger partial charge in [0.1, 0.15) is 0 Å². The molecule has 3 nitrogen and oxygen atoms in total. The minimum absolute atomic E-state index is 0.411. The summed E-state index contributed by atoms with van der Waals surface area (Å²) in [6, 6.07) is 9.38. The number of nitrogens with one attached hydrogen (secondary N) is 1. The summed E-state index contributed by atoms with van der Waals surface area (Å²) < 4.78 is 35.0. The fourth-order valence-electron chi connectivity index (χ4n) is 2.54. The van der Waals surface area contributed by atoms with E-state index in [1.165, 1.54) is 0 Å². The predicted molar refractivity (Wildman–Crippen MR) is 65.1 cm³/mol. The van der Waals surface area contributed by atoms with E-state index in [2.05, 4.69) is 5.32 Å². The maximum Gasteiger partial charge on any atom is 0.303 e. The number of benzene rings is 1. The van der Waals surface area contributed by atoms with Gasteiger partial charge in [-0.3, -0.25) is 0 Å². The SMILES string of the molecule is O=S(=O)(F)CC1(c2ccccc2)CCNCC1. The normalized spacial score (nSPS) is 20.1. The van der Waals surface area contributed by atoms with Crippen molar-refractivity contribution in [3.05, 3.63) is 35.9 Å². The summed E-state index contributed by atoms with van der Waals surface area (Å²) in [4.78, 5) is 0. The van der Waals surface area contributed by atoms with Gasteiger partial charge in [0.2, 0.25) is 0 Å². The first kappa shape index (κ1) is 12.5. The molecule has 1 aliphatic heterocycles. The van der Waals surface area contributed by atoms with Crippen LogP contribution in [0.15, 0.2) is 30.3 Å². The molecule has 94 valence electrons. The molecule has 0 aromatic heterocycles. The van der Waals surface area contributed by atoms with Crippen LogP contribution in [0.2, 0.25) is 0 Å². The monoisotopic (exact) mass is 257 g/mol. The number of hydrogen-bond acceptors (Lipinski definition) is 3. The van der Waals surface area contributed by atoms with E-state index in [-0.39, 0.29) is 0 Å². The lowest BCUT2D eigenvalue weighted by Gasteiger charge is -2.36. The van der Waals surface area contributed by atoms with E-state index < -0.39 is 21.4 Å². The number of rotatable bonds is 3. The van der Waals surface area contributed by atoms with Crippen molar-refractivity contribution in [2.24, 2.45) is 0 Å². The van der Waals surface area contributed by atoms with Crippen LogP contribution in [0.3, 0.4) is 0 Å². The van der Waals surface area contributed by atoms with Crippen molar-refractivity contribution in [2.75, 3.05) is 18.8 Å². The van der Waals surface area contributed by atoms with Crippen LogP contribution < -0.4 is 5.32 Å². The summed E-state index contributed by atoms with van der Waals surface area (Å²) in [5.41, 5.74) is 0.350. The molecule has 0 radical (unpaired) electrons. The third-order valence-electron chi connectivity index (χ3n) is 3.40. The second-order valence-electron chi connectivity index (χ2n) is 4.58. The van der Waals surface area contributed by atoms with Crippen LogP contribution in [-0.2, 0) is 15.6 Å². The molecule has 5 heteroatoms. The molecule has 1 fully saturated rings. The van der Waals surface area contributed by atoms with Crippen molar-refractivity contribution < 1.29 is 12.3 Å². The number of hydrogen-bond donors (Lipinski definition) is 1. The highest BCUT2D eigenvalue weighted by atomic mass is 32.3. The Morgan fingerprint density at radius 1 is 1.18 bits per heavy atom. The van der Waals surface area contributed by atoms with Gasteiger partial charge in [-0.15, -0.1) is 3.89 Å². The van der Waals surface area contributed by atoms with E-state index in [9.17, 15) is 12.3 Å². The lowest BCUT2D eigenvalue weighted by Crippen LogP contribution is -2.43. The van der Waals surface area contributed by atoms with Crippen molar-refractivity contribution >= 4 is 10.2 Å². The average Bonchev–Trinajstić information content (AvgIpc) is 2.29. The Bertz CT molecular complexity index is 467. The summed E-state index contributed by atoms with van der Waals surface area (Å²) in [6.45, 7) is 1.45. The van der Waals surface area contributed by atoms with E-state index in [1.807, 2.05) is 30.3 Å². The van der Waals surface area contributed by atoms with E-state index in [4.69, 9.17) is 0 Å².